The zero-order chi connectivity index (χ0) is 10.4. The molecule has 2 heterocycles. The van der Waals surface area contributed by atoms with Gasteiger partial charge < -0.3 is 5.73 Å². The van der Waals surface area contributed by atoms with Crippen LogP contribution in [0.4, 0.5) is 5.69 Å². The first-order chi connectivity index (χ1) is 7.25. The molecule has 0 saturated carbocycles. The number of nitrogen functional groups attached to an aromatic ring is 1. The molecular formula is C11H8IN3. The van der Waals surface area contributed by atoms with Crippen LogP contribution in [0.2, 0.25) is 0 Å². The Bertz CT molecular complexity index is 657. The number of para-hydroxylation sites is 2. The number of aromatic nitrogens is 2. The lowest BCUT2D eigenvalue weighted by molar-refractivity contribution is 1.18. The lowest BCUT2D eigenvalue weighted by Crippen LogP contribution is -1.94. The molecule has 3 nitrogen and oxygen atoms in total. The molecule has 0 bridgehead atoms. The first-order valence-electron chi connectivity index (χ1n) is 4.58. The lowest BCUT2D eigenvalue weighted by atomic mass is 10.3. The van der Waals surface area contributed by atoms with Gasteiger partial charge in [0, 0.05) is 11.8 Å². The van der Waals surface area contributed by atoms with Crippen LogP contribution in [0.15, 0.2) is 36.4 Å². The molecule has 74 valence electrons. The van der Waals surface area contributed by atoms with Crippen molar-refractivity contribution in [2.24, 2.45) is 0 Å². The van der Waals surface area contributed by atoms with Gasteiger partial charge in [-0.2, -0.15) is 0 Å². The summed E-state index contributed by atoms with van der Waals surface area (Å²) < 4.78 is 3.18. The number of benzene rings is 1. The molecule has 0 spiro atoms. The summed E-state index contributed by atoms with van der Waals surface area (Å²) in [5, 5.41) is 0. The van der Waals surface area contributed by atoms with Crippen molar-refractivity contribution in [2.75, 3.05) is 5.73 Å². The molecule has 3 aromatic rings. The quantitative estimate of drug-likeness (QED) is 0.512. The van der Waals surface area contributed by atoms with Gasteiger partial charge in [0.05, 0.1) is 14.7 Å². The zero-order valence-electron chi connectivity index (χ0n) is 7.81. The molecule has 0 aliphatic carbocycles. The second-order valence-corrected chi connectivity index (χ2v) is 4.51. The topological polar surface area (TPSA) is 43.3 Å². The van der Waals surface area contributed by atoms with E-state index in [2.05, 4.69) is 38.0 Å². The molecular weight excluding hydrogens is 301 g/mol. The lowest BCUT2D eigenvalue weighted by Gasteiger charge is -2.00. The van der Waals surface area contributed by atoms with Gasteiger partial charge in [-0.25, -0.2) is 4.98 Å². The number of anilines is 1. The van der Waals surface area contributed by atoms with E-state index in [0.717, 1.165) is 26.1 Å². The van der Waals surface area contributed by atoms with E-state index < -0.39 is 0 Å². The second-order valence-electron chi connectivity index (χ2n) is 3.41. The predicted octanol–water partition coefficient (Wildman–Crippen LogP) is 2.67. The fourth-order valence-electron chi connectivity index (χ4n) is 1.76. The first kappa shape index (κ1) is 8.96. The highest BCUT2D eigenvalue weighted by Crippen LogP contribution is 2.21. The molecule has 4 heteroatoms. The number of nitrogens with two attached hydrogens (primary N) is 1. The number of halogens is 1. The van der Waals surface area contributed by atoms with E-state index in [-0.39, 0.29) is 0 Å². The van der Waals surface area contributed by atoms with Crippen LogP contribution in [0.5, 0.6) is 0 Å². The van der Waals surface area contributed by atoms with Gasteiger partial charge in [0.15, 0.2) is 0 Å². The molecule has 0 aliphatic heterocycles. The van der Waals surface area contributed by atoms with Crippen LogP contribution in [0.1, 0.15) is 0 Å². The van der Waals surface area contributed by atoms with E-state index in [9.17, 15) is 0 Å². The summed E-state index contributed by atoms with van der Waals surface area (Å²) >= 11 is 2.27. The molecule has 1 aromatic carbocycles. The Kier molecular flexibility index (Phi) is 1.85. The summed E-state index contributed by atoms with van der Waals surface area (Å²) in [4.78, 5) is 4.52. The molecule has 0 aliphatic rings. The minimum atomic E-state index is 0.752. The summed E-state index contributed by atoms with van der Waals surface area (Å²) in [7, 11) is 0. The highest BCUT2D eigenvalue weighted by molar-refractivity contribution is 14.1. The molecule has 2 N–H and O–H groups in total. The van der Waals surface area contributed by atoms with Crippen LogP contribution >= 0.6 is 22.6 Å². The van der Waals surface area contributed by atoms with Gasteiger partial charge in [-0.3, -0.25) is 4.40 Å². The number of nitrogens with zero attached hydrogens (tertiary/aromatic N) is 2. The largest absolute Gasteiger partial charge is 0.399 e. The average molecular weight is 309 g/mol. The van der Waals surface area contributed by atoms with E-state index in [4.69, 9.17) is 5.73 Å². The van der Waals surface area contributed by atoms with E-state index >= 15 is 0 Å². The fraction of sp³-hybridized carbons (Fsp3) is 0. The first-order valence-corrected chi connectivity index (χ1v) is 5.66. The van der Waals surface area contributed by atoms with Crippen LogP contribution in [0, 0.1) is 3.70 Å². The molecule has 0 atom stereocenters. The van der Waals surface area contributed by atoms with Crippen LogP contribution in [-0.4, -0.2) is 9.38 Å². The van der Waals surface area contributed by atoms with Crippen LogP contribution in [-0.2, 0) is 0 Å². The Balaban J connectivity index is 2.61. The van der Waals surface area contributed by atoms with E-state index in [1.54, 1.807) is 0 Å². The third-order valence-corrected chi connectivity index (χ3v) is 3.18. The van der Waals surface area contributed by atoms with Crippen LogP contribution in [0.25, 0.3) is 16.7 Å². The third kappa shape index (κ3) is 1.28. The molecule has 0 amide bonds. The summed E-state index contributed by atoms with van der Waals surface area (Å²) in [5.74, 6) is 0. The normalized spacial score (nSPS) is 11.3. The van der Waals surface area contributed by atoms with E-state index in [1.807, 2.05) is 30.3 Å². The molecule has 2 aromatic heterocycles. The molecule has 0 radical (unpaired) electrons. The number of hydrogen-bond acceptors (Lipinski definition) is 2. The summed E-state index contributed by atoms with van der Waals surface area (Å²) in [6, 6.07) is 11.9. The van der Waals surface area contributed by atoms with Gasteiger partial charge in [0.2, 0.25) is 0 Å². The predicted molar refractivity (Wildman–Crippen MR) is 69.8 cm³/mol. The number of imidazole rings is 1. The Morgan fingerprint density at radius 3 is 2.87 bits per heavy atom. The molecule has 0 saturated heterocycles. The Morgan fingerprint density at radius 2 is 2.00 bits per heavy atom. The van der Waals surface area contributed by atoms with Crippen LogP contribution in [0.3, 0.4) is 0 Å². The summed E-state index contributed by atoms with van der Waals surface area (Å²) in [5.41, 5.74) is 9.57. The van der Waals surface area contributed by atoms with Gasteiger partial charge in [0.1, 0.15) is 5.65 Å². The smallest absolute Gasteiger partial charge is 0.140 e. The SMILES string of the molecule is Nc1cc(I)n2c(c1)nc1ccccc12. The monoisotopic (exact) mass is 309 g/mol. The van der Waals surface area contributed by atoms with Crippen molar-refractivity contribution in [3.05, 3.63) is 40.1 Å². The highest BCUT2D eigenvalue weighted by atomic mass is 127. The molecule has 15 heavy (non-hydrogen) atoms. The molecule has 3 rings (SSSR count). The van der Waals surface area contributed by atoms with Crippen molar-refractivity contribution in [3.8, 4) is 0 Å². The fourth-order valence-corrected chi connectivity index (χ4v) is 2.63. The number of hydrogen-bond donors (Lipinski definition) is 1. The maximum absolute atomic E-state index is 5.79. The Labute approximate surface area is 100 Å². The van der Waals surface area contributed by atoms with Crippen molar-refractivity contribution >= 4 is 45.0 Å². The standard InChI is InChI=1S/C11H8IN3/c12-10-5-7(13)6-11-14-8-3-1-2-4-9(8)15(10)11/h1-6H,13H2. The Morgan fingerprint density at radius 1 is 1.20 bits per heavy atom. The van der Waals surface area contributed by atoms with Crippen molar-refractivity contribution in [3.63, 3.8) is 0 Å². The van der Waals surface area contributed by atoms with Gasteiger partial charge in [-0.15, -0.1) is 0 Å². The summed E-state index contributed by atoms with van der Waals surface area (Å²) in [6.45, 7) is 0. The van der Waals surface area contributed by atoms with E-state index in [0.29, 0.717) is 0 Å². The van der Waals surface area contributed by atoms with Gasteiger partial charge in [-0.05, 0) is 40.8 Å². The third-order valence-electron chi connectivity index (χ3n) is 2.38. The summed E-state index contributed by atoms with van der Waals surface area (Å²) in [6.07, 6.45) is 0. The minimum absolute atomic E-state index is 0.752. The molecule has 0 unspecified atom stereocenters. The van der Waals surface area contributed by atoms with Crippen LogP contribution < -0.4 is 5.73 Å². The zero-order valence-corrected chi connectivity index (χ0v) is 9.97. The average Bonchev–Trinajstić information content (AvgIpc) is 2.54. The van der Waals surface area contributed by atoms with Crippen molar-refractivity contribution in [1.82, 2.24) is 9.38 Å². The van der Waals surface area contributed by atoms with Crippen molar-refractivity contribution in [1.29, 1.82) is 0 Å². The maximum atomic E-state index is 5.79. The van der Waals surface area contributed by atoms with Gasteiger partial charge >= 0.3 is 0 Å². The Hall–Kier alpha value is -1.30. The molecule has 0 fully saturated rings. The van der Waals surface area contributed by atoms with Crippen molar-refractivity contribution < 1.29 is 0 Å². The van der Waals surface area contributed by atoms with E-state index in [1.165, 1.54) is 0 Å². The maximum Gasteiger partial charge on any atom is 0.140 e. The highest BCUT2D eigenvalue weighted by Gasteiger charge is 2.06. The van der Waals surface area contributed by atoms with Gasteiger partial charge in [-0.1, -0.05) is 12.1 Å². The number of fused-ring (bicyclic) bond motifs is 3. The van der Waals surface area contributed by atoms with Crippen molar-refractivity contribution in [2.45, 2.75) is 0 Å². The second kappa shape index (κ2) is 3.10. The minimum Gasteiger partial charge on any atom is -0.399 e. The number of rotatable bonds is 0. The number of pyridine rings is 1. The van der Waals surface area contributed by atoms with Gasteiger partial charge in [0.25, 0.3) is 0 Å².